The average Bonchev–Trinajstić information content (AvgIpc) is 2.97. The Kier molecular flexibility index (Phi) is 3.96. The van der Waals surface area contributed by atoms with Gasteiger partial charge in [0.25, 0.3) is 5.91 Å². The number of aryl methyl sites for hydroxylation is 2. The van der Waals surface area contributed by atoms with Crippen molar-refractivity contribution in [1.82, 2.24) is 19.9 Å². The summed E-state index contributed by atoms with van der Waals surface area (Å²) in [6.07, 6.45) is 3.29. The second-order valence-corrected chi connectivity index (χ2v) is 4.13. The number of aromatic amines is 1. The lowest BCUT2D eigenvalue weighted by Crippen LogP contribution is -2.33. The molecule has 0 aliphatic carbocycles. The predicted molar refractivity (Wildman–Crippen MR) is 66.4 cm³/mol. The van der Waals surface area contributed by atoms with E-state index in [9.17, 15) is 4.79 Å². The van der Waals surface area contributed by atoms with Crippen molar-refractivity contribution in [2.45, 2.75) is 20.4 Å². The van der Waals surface area contributed by atoms with Crippen molar-refractivity contribution >= 4 is 5.91 Å². The number of carbonyl (C=O) groups excluding carboxylic acids is 1. The van der Waals surface area contributed by atoms with Crippen LogP contribution < -0.4 is 0 Å². The number of imidazole rings is 1. The highest BCUT2D eigenvalue weighted by atomic mass is 16.4. The maximum atomic E-state index is 12.3. The molecule has 0 radical (unpaired) electrons. The molecule has 0 unspecified atom stereocenters. The number of aromatic nitrogens is 3. The van der Waals surface area contributed by atoms with Crippen LogP contribution in [0.2, 0.25) is 0 Å². The van der Waals surface area contributed by atoms with Crippen LogP contribution >= 0.6 is 0 Å². The highest BCUT2D eigenvalue weighted by Gasteiger charge is 2.23. The smallest absolute Gasteiger partial charge is 0.292 e. The average molecular weight is 264 g/mol. The maximum absolute atomic E-state index is 12.3. The fourth-order valence-corrected chi connectivity index (χ4v) is 1.81. The van der Waals surface area contributed by atoms with Crippen LogP contribution in [0, 0.1) is 13.8 Å². The van der Waals surface area contributed by atoms with E-state index in [1.54, 1.807) is 26.2 Å². The third kappa shape index (κ3) is 3.00. The van der Waals surface area contributed by atoms with E-state index in [2.05, 4.69) is 15.0 Å². The Hall–Kier alpha value is -2.15. The van der Waals surface area contributed by atoms with Gasteiger partial charge in [-0.25, -0.2) is 9.97 Å². The summed E-state index contributed by atoms with van der Waals surface area (Å²) < 4.78 is 5.31. The number of aliphatic hydroxyl groups excluding tert-OH is 1. The van der Waals surface area contributed by atoms with Crippen LogP contribution in [0.3, 0.4) is 0 Å². The van der Waals surface area contributed by atoms with Crippen molar-refractivity contribution in [3.8, 4) is 0 Å². The van der Waals surface area contributed by atoms with Gasteiger partial charge in [-0.2, -0.15) is 0 Å². The van der Waals surface area contributed by atoms with Crippen LogP contribution in [-0.2, 0) is 6.54 Å². The van der Waals surface area contributed by atoms with Crippen molar-refractivity contribution in [3.63, 3.8) is 0 Å². The Morgan fingerprint density at radius 2 is 2.32 bits per heavy atom. The van der Waals surface area contributed by atoms with Crippen molar-refractivity contribution in [3.05, 3.63) is 35.6 Å². The van der Waals surface area contributed by atoms with Gasteiger partial charge in [-0.1, -0.05) is 0 Å². The van der Waals surface area contributed by atoms with E-state index in [4.69, 9.17) is 9.52 Å². The second-order valence-electron chi connectivity index (χ2n) is 4.13. The largest absolute Gasteiger partial charge is 0.436 e. The molecule has 2 rings (SSSR count). The van der Waals surface area contributed by atoms with Crippen LogP contribution in [0.1, 0.15) is 28.0 Å². The minimum absolute atomic E-state index is 0.126. The first kappa shape index (κ1) is 13.3. The molecule has 1 amide bonds. The molecule has 0 saturated carbocycles. The van der Waals surface area contributed by atoms with Gasteiger partial charge >= 0.3 is 0 Å². The minimum Gasteiger partial charge on any atom is -0.436 e. The molecule has 0 atom stereocenters. The lowest BCUT2D eigenvalue weighted by atomic mass is 10.3. The lowest BCUT2D eigenvalue weighted by Gasteiger charge is -2.19. The minimum atomic E-state index is -0.302. The molecule has 7 heteroatoms. The standard InChI is InChI=1S/C12H16N4O3/c1-8-11(19-9(2)15-8)12(18)16(5-6-17)7-10-13-3-4-14-10/h3-4,17H,5-7H2,1-2H3,(H,13,14). The lowest BCUT2D eigenvalue weighted by molar-refractivity contribution is 0.0669. The van der Waals surface area contributed by atoms with Gasteiger partial charge in [0.05, 0.1) is 18.8 Å². The molecule has 0 aromatic carbocycles. The maximum Gasteiger partial charge on any atom is 0.292 e. The molecule has 7 nitrogen and oxygen atoms in total. The van der Waals surface area contributed by atoms with Crippen molar-refractivity contribution in [2.75, 3.05) is 13.2 Å². The number of nitrogens with one attached hydrogen (secondary N) is 1. The summed E-state index contributed by atoms with van der Waals surface area (Å²) in [6.45, 7) is 3.77. The molecule has 2 aromatic heterocycles. The molecule has 2 N–H and O–H groups in total. The normalized spacial score (nSPS) is 10.7. The Labute approximate surface area is 110 Å². The van der Waals surface area contributed by atoms with E-state index in [1.165, 1.54) is 4.90 Å². The highest BCUT2D eigenvalue weighted by molar-refractivity contribution is 5.92. The number of amides is 1. The monoisotopic (exact) mass is 264 g/mol. The van der Waals surface area contributed by atoms with Gasteiger partial charge in [0.2, 0.25) is 5.76 Å². The Balaban J connectivity index is 2.18. The van der Waals surface area contributed by atoms with Crippen LogP contribution in [0.5, 0.6) is 0 Å². The van der Waals surface area contributed by atoms with E-state index in [0.29, 0.717) is 17.4 Å². The molecular formula is C12H16N4O3. The zero-order valence-electron chi connectivity index (χ0n) is 10.9. The molecule has 102 valence electrons. The zero-order valence-corrected chi connectivity index (χ0v) is 10.9. The number of oxazole rings is 1. The van der Waals surface area contributed by atoms with Crippen molar-refractivity contribution in [2.24, 2.45) is 0 Å². The summed E-state index contributed by atoms with van der Waals surface area (Å²) in [4.78, 5) is 24.9. The number of rotatable bonds is 5. The third-order valence-electron chi connectivity index (χ3n) is 2.65. The summed E-state index contributed by atoms with van der Waals surface area (Å²) in [5, 5.41) is 9.06. The van der Waals surface area contributed by atoms with E-state index >= 15 is 0 Å². The van der Waals surface area contributed by atoms with E-state index in [0.717, 1.165) is 0 Å². The quantitative estimate of drug-likeness (QED) is 0.826. The van der Waals surface area contributed by atoms with Gasteiger partial charge in [-0.3, -0.25) is 4.79 Å². The van der Waals surface area contributed by atoms with Crippen LogP contribution in [-0.4, -0.2) is 44.0 Å². The Morgan fingerprint density at radius 3 is 2.84 bits per heavy atom. The van der Waals surface area contributed by atoms with Gasteiger partial charge in [0.1, 0.15) is 5.82 Å². The molecule has 19 heavy (non-hydrogen) atoms. The molecule has 0 aliphatic rings. The summed E-state index contributed by atoms with van der Waals surface area (Å²) >= 11 is 0. The second kappa shape index (κ2) is 5.66. The highest BCUT2D eigenvalue weighted by Crippen LogP contribution is 2.13. The van der Waals surface area contributed by atoms with Gasteiger partial charge in [-0.15, -0.1) is 0 Å². The topological polar surface area (TPSA) is 95.3 Å². The number of carbonyl (C=O) groups is 1. The van der Waals surface area contributed by atoms with Crippen LogP contribution in [0.15, 0.2) is 16.8 Å². The SMILES string of the molecule is Cc1nc(C)c(C(=O)N(CCO)Cc2ncc[nH]2)o1. The number of nitrogens with zero attached hydrogens (tertiary/aromatic N) is 3. The molecule has 2 aromatic rings. The summed E-state index contributed by atoms with van der Waals surface area (Å²) in [5.41, 5.74) is 0.546. The van der Waals surface area contributed by atoms with E-state index < -0.39 is 0 Å². The van der Waals surface area contributed by atoms with Gasteiger partial charge in [0.15, 0.2) is 5.89 Å². The molecule has 0 bridgehead atoms. The van der Waals surface area contributed by atoms with E-state index in [-0.39, 0.29) is 31.4 Å². The third-order valence-corrected chi connectivity index (χ3v) is 2.65. The first-order valence-corrected chi connectivity index (χ1v) is 5.94. The number of aliphatic hydroxyl groups is 1. The first-order chi connectivity index (χ1) is 9.11. The fraction of sp³-hybridized carbons (Fsp3) is 0.417. The molecule has 2 heterocycles. The van der Waals surface area contributed by atoms with Crippen molar-refractivity contribution in [1.29, 1.82) is 0 Å². The number of H-pyrrole nitrogens is 1. The Morgan fingerprint density at radius 1 is 1.53 bits per heavy atom. The number of hydrogen-bond acceptors (Lipinski definition) is 5. The van der Waals surface area contributed by atoms with Crippen LogP contribution in [0.4, 0.5) is 0 Å². The molecule has 0 aliphatic heterocycles. The first-order valence-electron chi connectivity index (χ1n) is 5.94. The Bertz CT molecular complexity index is 547. The van der Waals surface area contributed by atoms with Crippen LogP contribution in [0.25, 0.3) is 0 Å². The molecule has 0 fully saturated rings. The van der Waals surface area contributed by atoms with E-state index in [1.807, 2.05) is 0 Å². The predicted octanol–water partition coefficient (Wildman–Crippen LogP) is 0.649. The molecular weight excluding hydrogens is 248 g/mol. The summed E-state index contributed by atoms with van der Waals surface area (Å²) in [5.74, 6) is 1.000. The summed E-state index contributed by atoms with van der Waals surface area (Å²) in [7, 11) is 0. The molecule has 0 spiro atoms. The van der Waals surface area contributed by atoms with Crippen molar-refractivity contribution < 1.29 is 14.3 Å². The zero-order chi connectivity index (χ0) is 13.8. The molecule has 0 saturated heterocycles. The number of hydrogen-bond donors (Lipinski definition) is 2. The van der Waals surface area contributed by atoms with Gasteiger partial charge < -0.3 is 19.4 Å². The van der Waals surface area contributed by atoms with Gasteiger partial charge in [-0.05, 0) is 6.92 Å². The summed E-state index contributed by atoms with van der Waals surface area (Å²) in [6, 6.07) is 0. The van der Waals surface area contributed by atoms with Gasteiger partial charge in [0, 0.05) is 25.9 Å². The fourth-order valence-electron chi connectivity index (χ4n) is 1.81.